The van der Waals surface area contributed by atoms with Gasteiger partial charge in [0.1, 0.15) is 34.3 Å². The van der Waals surface area contributed by atoms with Crippen molar-refractivity contribution in [3.8, 4) is 0 Å². The fourth-order valence-electron chi connectivity index (χ4n) is 3.06. The molecule has 0 spiro atoms. The number of benzene rings is 1. The molecule has 0 bridgehead atoms. The highest BCUT2D eigenvalue weighted by atomic mass is 35.5. The maximum Gasteiger partial charge on any atom is 0.417 e. The van der Waals surface area contributed by atoms with Gasteiger partial charge in [-0.05, 0) is 30.3 Å². The molecule has 1 N–H and O–H groups in total. The summed E-state index contributed by atoms with van der Waals surface area (Å²) in [6.45, 7) is 0. The maximum atomic E-state index is 13.2. The van der Waals surface area contributed by atoms with E-state index in [1.807, 2.05) is 0 Å². The molecule has 0 fully saturated rings. The predicted molar refractivity (Wildman–Crippen MR) is 118 cm³/mol. The van der Waals surface area contributed by atoms with Crippen LogP contribution in [0.3, 0.4) is 0 Å². The fraction of sp³-hybridized carbons (Fsp3) is 0.100. The molecule has 4 aromatic rings. The van der Waals surface area contributed by atoms with Gasteiger partial charge >= 0.3 is 6.18 Å². The van der Waals surface area contributed by atoms with Crippen molar-refractivity contribution in [3.05, 3.63) is 76.0 Å². The number of aryl methyl sites for hydroxylation is 1. The Labute approximate surface area is 197 Å². The van der Waals surface area contributed by atoms with Crippen LogP contribution in [0.25, 0.3) is 11.0 Å². The van der Waals surface area contributed by atoms with E-state index in [0.717, 1.165) is 6.07 Å². The molecule has 33 heavy (non-hydrogen) atoms. The number of hydrogen-bond acceptors (Lipinski definition) is 5. The summed E-state index contributed by atoms with van der Waals surface area (Å²) in [6.07, 6.45) is -0.581. The minimum atomic E-state index is -4.73. The van der Waals surface area contributed by atoms with Gasteiger partial charge in [-0.3, -0.25) is 9.52 Å². The second-order valence-electron chi connectivity index (χ2n) is 6.78. The average Bonchev–Trinajstić information content (AvgIpc) is 3.14. The molecular formula is C20H12Cl2F3N5O2S. The Hall–Kier alpha value is -3.02. The molecule has 3 aromatic heterocycles. The number of fused-ring (bicyclic) bond motifs is 1. The summed E-state index contributed by atoms with van der Waals surface area (Å²) in [6, 6.07) is 5.80. The molecule has 1 atom stereocenters. The minimum Gasteiger partial charge on any atom is -0.335 e. The van der Waals surface area contributed by atoms with Gasteiger partial charge in [0.25, 0.3) is 0 Å². The summed E-state index contributed by atoms with van der Waals surface area (Å²) in [7, 11) is -0.447. The molecule has 7 nitrogen and oxygen atoms in total. The van der Waals surface area contributed by atoms with Crippen LogP contribution in [0.1, 0.15) is 21.7 Å². The Kier molecular flexibility index (Phi) is 6.12. The summed E-state index contributed by atoms with van der Waals surface area (Å²) < 4.78 is 56.5. The third kappa shape index (κ3) is 4.56. The highest BCUT2D eigenvalue weighted by Gasteiger charge is 2.34. The molecule has 0 aliphatic carbocycles. The Balaban J connectivity index is 1.72. The average molecular weight is 514 g/mol. The first-order chi connectivity index (χ1) is 15.6. The van der Waals surface area contributed by atoms with Gasteiger partial charge < -0.3 is 4.57 Å². The first kappa shape index (κ1) is 23.1. The summed E-state index contributed by atoms with van der Waals surface area (Å²) >= 11 is 11.6. The predicted octanol–water partition coefficient (Wildman–Crippen LogP) is 5.05. The van der Waals surface area contributed by atoms with Crippen molar-refractivity contribution in [3.63, 3.8) is 0 Å². The number of pyridine rings is 1. The molecule has 4 rings (SSSR count). The van der Waals surface area contributed by atoms with E-state index in [4.69, 9.17) is 23.2 Å². The van der Waals surface area contributed by atoms with Crippen LogP contribution in [-0.4, -0.2) is 29.5 Å². The van der Waals surface area contributed by atoms with E-state index in [1.54, 1.807) is 23.9 Å². The summed E-state index contributed by atoms with van der Waals surface area (Å²) in [5.41, 5.74) is -0.778. The lowest BCUT2D eigenvalue weighted by atomic mass is 10.1. The van der Waals surface area contributed by atoms with Crippen LogP contribution in [-0.2, 0) is 24.2 Å². The SMILES string of the molecule is Cn1ccc2c(C(=O)c3ncc(Cl)cc3NS(=O)c3ccc(Cl)c(C(F)(F)F)c3)ncnc21. The smallest absolute Gasteiger partial charge is 0.335 e. The number of nitrogens with one attached hydrogen (secondary N) is 1. The van der Waals surface area contributed by atoms with E-state index in [-0.39, 0.29) is 27.0 Å². The first-order valence-electron chi connectivity index (χ1n) is 9.07. The van der Waals surface area contributed by atoms with E-state index in [2.05, 4.69) is 19.7 Å². The third-order valence-electron chi connectivity index (χ3n) is 4.61. The van der Waals surface area contributed by atoms with Crippen molar-refractivity contribution in [1.82, 2.24) is 19.5 Å². The number of ketones is 1. The number of carbonyl (C=O) groups excluding carboxylic acids is 1. The third-order valence-corrected chi connectivity index (χ3v) is 6.23. The van der Waals surface area contributed by atoms with Gasteiger partial charge in [0.2, 0.25) is 5.78 Å². The first-order valence-corrected chi connectivity index (χ1v) is 11.0. The lowest BCUT2D eigenvalue weighted by molar-refractivity contribution is -0.137. The normalized spacial score (nSPS) is 12.7. The standard InChI is InChI=1S/C20H12Cl2F3N5O2S/c1-30-5-4-12-16(27-9-28-19(12)30)18(31)17-15(6-10(21)8-26-17)29-33(32)11-2-3-14(22)13(7-11)20(23,24)25/h2-9,29H,1H3. The summed E-state index contributed by atoms with van der Waals surface area (Å²) in [5.74, 6) is -0.614. The van der Waals surface area contributed by atoms with E-state index in [9.17, 15) is 22.2 Å². The Morgan fingerprint density at radius 3 is 2.58 bits per heavy atom. The number of nitrogens with zero attached hydrogens (tertiary/aromatic N) is 4. The quantitative estimate of drug-likeness (QED) is 0.377. The number of anilines is 1. The van der Waals surface area contributed by atoms with E-state index in [0.29, 0.717) is 17.1 Å². The summed E-state index contributed by atoms with van der Waals surface area (Å²) in [4.78, 5) is 25.3. The summed E-state index contributed by atoms with van der Waals surface area (Å²) in [5, 5.41) is 0.0613. The molecule has 0 amide bonds. The molecule has 1 aromatic carbocycles. The van der Waals surface area contributed by atoms with Gasteiger partial charge in [-0.25, -0.2) is 19.2 Å². The highest BCUT2D eigenvalue weighted by Crippen LogP contribution is 2.36. The van der Waals surface area contributed by atoms with E-state index in [1.165, 1.54) is 24.7 Å². The zero-order chi connectivity index (χ0) is 23.9. The van der Waals surface area contributed by atoms with Crippen LogP contribution < -0.4 is 4.72 Å². The lowest BCUT2D eigenvalue weighted by Crippen LogP contribution is -2.14. The Morgan fingerprint density at radius 1 is 1.09 bits per heavy atom. The van der Waals surface area contributed by atoms with Crippen molar-refractivity contribution in [2.24, 2.45) is 7.05 Å². The number of rotatable bonds is 5. The molecule has 0 aliphatic heterocycles. The van der Waals surface area contributed by atoms with Crippen molar-refractivity contribution in [1.29, 1.82) is 0 Å². The molecule has 170 valence electrons. The molecule has 0 saturated carbocycles. The molecule has 1 unspecified atom stereocenters. The minimum absolute atomic E-state index is 0.0444. The maximum absolute atomic E-state index is 13.2. The van der Waals surface area contributed by atoms with Gasteiger partial charge in [-0.1, -0.05) is 23.2 Å². The zero-order valence-corrected chi connectivity index (χ0v) is 18.9. The number of carbonyl (C=O) groups is 1. The van der Waals surface area contributed by atoms with Crippen LogP contribution in [0.15, 0.2) is 53.9 Å². The molecular weight excluding hydrogens is 502 g/mol. The van der Waals surface area contributed by atoms with Gasteiger partial charge in [0, 0.05) is 24.8 Å². The number of halogens is 5. The second-order valence-corrected chi connectivity index (χ2v) is 8.83. The van der Waals surface area contributed by atoms with Crippen LogP contribution in [0.2, 0.25) is 10.0 Å². The van der Waals surface area contributed by atoms with Crippen molar-refractivity contribution < 1.29 is 22.2 Å². The van der Waals surface area contributed by atoms with Gasteiger partial charge in [-0.15, -0.1) is 0 Å². The number of aromatic nitrogens is 4. The van der Waals surface area contributed by atoms with Gasteiger partial charge in [-0.2, -0.15) is 13.2 Å². The molecule has 3 heterocycles. The van der Waals surface area contributed by atoms with E-state index < -0.39 is 33.5 Å². The lowest BCUT2D eigenvalue weighted by Gasteiger charge is -2.13. The van der Waals surface area contributed by atoms with Crippen molar-refractivity contribution in [2.45, 2.75) is 11.1 Å². The van der Waals surface area contributed by atoms with Crippen LogP contribution >= 0.6 is 23.2 Å². The van der Waals surface area contributed by atoms with Gasteiger partial charge in [0.05, 0.1) is 26.2 Å². The monoisotopic (exact) mass is 513 g/mol. The molecule has 13 heteroatoms. The van der Waals surface area contributed by atoms with Crippen molar-refractivity contribution >= 4 is 56.7 Å². The molecule has 0 radical (unpaired) electrons. The Bertz CT molecular complexity index is 1420. The fourth-order valence-corrected chi connectivity index (χ4v) is 4.34. The number of alkyl halides is 3. The van der Waals surface area contributed by atoms with Crippen LogP contribution in [0.4, 0.5) is 18.9 Å². The van der Waals surface area contributed by atoms with Crippen molar-refractivity contribution in [2.75, 3.05) is 4.72 Å². The van der Waals surface area contributed by atoms with Crippen LogP contribution in [0, 0.1) is 0 Å². The topological polar surface area (TPSA) is 89.8 Å². The largest absolute Gasteiger partial charge is 0.417 e. The number of hydrogen-bond donors (Lipinski definition) is 1. The second kappa shape index (κ2) is 8.73. The van der Waals surface area contributed by atoms with E-state index >= 15 is 0 Å². The highest BCUT2D eigenvalue weighted by molar-refractivity contribution is 7.86. The molecule has 0 aliphatic rings. The Morgan fingerprint density at radius 2 is 1.85 bits per heavy atom. The van der Waals surface area contributed by atoms with Gasteiger partial charge in [0.15, 0.2) is 0 Å². The molecule has 0 saturated heterocycles. The van der Waals surface area contributed by atoms with Crippen LogP contribution in [0.5, 0.6) is 0 Å². The zero-order valence-electron chi connectivity index (χ0n) is 16.5.